The van der Waals surface area contributed by atoms with Gasteiger partial charge in [0.05, 0.1) is 12.5 Å². The molecule has 0 aliphatic heterocycles. The van der Waals surface area contributed by atoms with Crippen molar-refractivity contribution < 1.29 is 14.7 Å². The van der Waals surface area contributed by atoms with E-state index in [2.05, 4.69) is 26.3 Å². The van der Waals surface area contributed by atoms with Crippen molar-refractivity contribution in [3.8, 4) is 0 Å². The molecule has 0 saturated heterocycles. The van der Waals surface area contributed by atoms with Crippen LogP contribution in [0.25, 0.3) is 0 Å². The molecule has 0 aliphatic rings. The maximum Gasteiger partial charge on any atom is 0.305 e. The Balaban J connectivity index is 2.14. The molecule has 0 aliphatic carbocycles. The second-order valence-corrected chi connectivity index (χ2v) is 5.79. The van der Waals surface area contributed by atoms with Gasteiger partial charge >= 0.3 is 5.97 Å². The summed E-state index contributed by atoms with van der Waals surface area (Å²) in [6.07, 6.45) is 3.10. The fourth-order valence-electron chi connectivity index (χ4n) is 2.04. The van der Waals surface area contributed by atoms with Crippen molar-refractivity contribution in [3.63, 3.8) is 0 Å². The Morgan fingerprint density at radius 1 is 1.36 bits per heavy atom. The summed E-state index contributed by atoms with van der Waals surface area (Å²) in [5.41, 5.74) is 0.742. The Kier molecular flexibility index (Phi) is 5.32. The molecule has 1 aromatic heterocycles. The first kappa shape index (κ1) is 16.2. The normalized spacial score (nSPS) is 13.4. The average Bonchev–Trinajstić information content (AvgIpc) is 3.00. The number of amides is 1. The molecule has 6 nitrogen and oxygen atoms in total. The maximum absolute atomic E-state index is 12.3. The number of benzene rings is 1. The first-order valence-corrected chi connectivity index (χ1v) is 7.53. The number of carboxylic acid groups (broad SMARTS) is 1. The van der Waals surface area contributed by atoms with Crippen molar-refractivity contribution >= 4 is 27.8 Å². The van der Waals surface area contributed by atoms with Crippen molar-refractivity contribution in [3.05, 3.63) is 52.8 Å². The van der Waals surface area contributed by atoms with Crippen molar-refractivity contribution in [2.45, 2.75) is 25.4 Å². The van der Waals surface area contributed by atoms with Gasteiger partial charge in [-0.05, 0) is 30.7 Å². The van der Waals surface area contributed by atoms with Gasteiger partial charge in [0.15, 0.2) is 0 Å². The molecule has 2 N–H and O–H groups in total. The van der Waals surface area contributed by atoms with Crippen LogP contribution in [0.1, 0.15) is 31.0 Å². The smallest absolute Gasteiger partial charge is 0.305 e. The predicted molar refractivity (Wildman–Crippen MR) is 84.2 cm³/mol. The van der Waals surface area contributed by atoms with Crippen LogP contribution in [-0.4, -0.2) is 26.8 Å². The van der Waals surface area contributed by atoms with Crippen LogP contribution >= 0.6 is 15.9 Å². The molecule has 1 heterocycles. The number of carbonyl (C=O) groups is 2. The van der Waals surface area contributed by atoms with E-state index in [9.17, 15) is 9.59 Å². The maximum atomic E-state index is 12.3. The molecule has 116 valence electrons. The van der Waals surface area contributed by atoms with Crippen molar-refractivity contribution in [2.75, 3.05) is 0 Å². The Labute approximate surface area is 136 Å². The highest BCUT2D eigenvalue weighted by molar-refractivity contribution is 9.10. The van der Waals surface area contributed by atoms with Crippen molar-refractivity contribution in [1.29, 1.82) is 0 Å². The Morgan fingerprint density at radius 2 is 2.05 bits per heavy atom. The number of rotatable bonds is 6. The van der Waals surface area contributed by atoms with Crippen LogP contribution in [-0.2, 0) is 9.59 Å². The van der Waals surface area contributed by atoms with E-state index in [1.165, 1.54) is 4.68 Å². The lowest BCUT2D eigenvalue weighted by Crippen LogP contribution is -2.35. The number of hydrogen-bond donors (Lipinski definition) is 2. The minimum absolute atomic E-state index is 0.181. The largest absolute Gasteiger partial charge is 0.481 e. The number of nitrogens with one attached hydrogen (secondary N) is 1. The zero-order valence-electron chi connectivity index (χ0n) is 11.9. The van der Waals surface area contributed by atoms with Gasteiger partial charge in [0.1, 0.15) is 6.04 Å². The lowest BCUT2D eigenvalue weighted by atomic mass is 10.0. The minimum atomic E-state index is -0.972. The monoisotopic (exact) mass is 365 g/mol. The van der Waals surface area contributed by atoms with E-state index < -0.39 is 18.1 Å². The van der Waals surface area contributed by atoms with Crippen LogP contribution in [0.5, 0.6) is 0 Å². The van der Waals surface area contributed by atoms with E-state index in [1.807, 2.05) is 12.1 Å². The molecule has 0 fully saturated rings. The zero-order chi connectivity index (χ0) is 16.1. The van der Waals surface area contributed by atoms with Gasteiger partial charge < -0.3 is 10.4 Å². The highest BCUT2D eigenvalue weighted by Crippen LogP contribution is 2.20. The molecular formula is C15H16BrN3O3. The quantitative estimate of drug-likeness (QED) is 0.823. The molecule has 22 heavy (non-hydrogen) atoms. The second kappa shape index (κ2) is 7.22. The van der Waals surface area contributed by atoms with Gasteiger partial charge in [-0.25, -0.2) is 0 Å². The van der Waals surface area contributed by atoms with Gasteiger partial charge in [0, 0.05) is 16.9 Å². The molecule has 2 atom stereocenters. The molecule has 2 aromatic rings. The number of aliphatic carboxylic acids is 1. The van der Waals surface area contributed by atoms with Crippen LogP contribution in [0.4, 0.5) is 0 Å². The van der Waals surface area contributed by atoms with Gasteiger partial charge in [-0.15, -0.1) is 0 Å². The standard InChI is InChI=1S/C15H16BrN3O3/c1-10(19-8-2-7-17-19)15(22)18-13(9-14(20)21)11-3-5-12(16)6-4-11/h2-8,10,13H,9H2,1H3,(H,18,22)(H,20,21). The number of nitrogens with zero attached hydrogens (tertiary/aromatic N) is 2. The van der Waals surface area contributed by atoms with Crippen LogP contribution in [0.3, 0.4) is 0 Å². The van der Waals surface area contributed by atoms with Gasteiger partial charge in [0.25, 0.3) is 0 Å². The summed E-state index contributed by atoms with van der Waals surface area (Å²) in [7, 11) is 0. The summed E-state index contributed by atoms with van der Waals surface area (Å²) in [5, 5.41) is 15.9. The molecule has 1 aromatic carbocycles. The molecule has 1 amide bonds. The van der Waals surface area contributed by atoms with Crippen LogP contribution in [0, 0.1) is 0 Å². The summed E-state index contributed by atoms with van der Waals surface area (Å²) in [6.45, 7) is 1.71. The fourth-order valence-corrected chi connectivity index (χ4v) is 2.31. The third kappa shape index (κ3) is 4.17. The number of carboxylic acids is 1. The van der Waals surface area contributed by atoms with Gasteiger partial charge in [-0.3, -0.25) is 14.3 Å². The van der Waals surface area contributed by atoms with E-state index in [1.54, 1.807) is 37.5 Å². The third-order valence-corrected chi connectivity index (χ3v) is 3.80. The van der Waals surface area contributed by atoms with Gasteiger partial charge in [0.2, 0.25) is 5.91 Å². The molecule has 2 unspecified atom stereocenters. The van der Waals surface area contributed by atoms with Crippen LogP contribution in [0.15, 0.2) is 47.2 Å². The Bertz CT molecular complexity index is 641. The topological polar surface area (TPSA) is 84.2 Å². The van der Waals surface area contributed by atoms with Crippen molar-refractivity contribution in [2.24, 2.45) is 0 Å². The first-order valence-electron chi connectivity index (χ1n) is 6.74. The molecule has 0 bridgehead atoms. The predicted octanol–water partition coefficient (Wildman–Crippen LogP) is 2.54. The van der Waals surface area contributed by atoms with Crippen LogP contribution in [0.2, 0.25) is 0 Å². The highest BCUT2D eigenvalue weighted by atomic mass is 79.9. The SMILES string of the molecule is CC(C(=O)NC(CC(=O)O)c1ccc(Br)cc1)n1cccn1. The van der Waals surface area contributed by atoms with Gasteiger partial charge in [-0.1, -0.05) is 28.1 Å². The summed E-state index contributed by atoms with van der Waals surface area (Å²) < 4.78 is 2.41. The van der Waals surface area contributed by atoms with E-state index in [0.29, 0.717) is 0 Å². The van der Waals surface area contributed by atoms with E-state index >= 15 is 0 Å². The molecule has 7 heteroatoms. The lowest BCUT2D eigenvalue weighted by Gasteiger charge is -2.20. The number of hydrogen-bond acceptors (Lipinski definition) is 3. The number of halogens is 1. The van der Waals surface area contributed by atoms with E-state index in [-0.39, 0.29) is 12.3 Å². The van der Waals surface area contributed by atoms with Crippen LogP contribution < -0.4 is 5.32 Å². The Morgan fingerprint density at radius 3 is 2.59 bits per heavy atom. The summed E-state index contributed by atoms with van der Waals surface area (Å²) in [4.78, 5) is 23.4. The molecule has 2 rings (SSSR count). The van der Waals surface area contributed by atoms with Crippen molar-refractivity contribution in [1.82, 2.24) is 15.1 Å². The van der Waals surface area contributed by atoms with E-state index in [4.69, 9.17) is 5.11 Å². The summed E-state index contributed by atoms with van der Waals surface area (Å²) in [5.74, 6) is -1.25. The third-order valence-electron chi connectivity index (χ3n) is 3.27. The van der Waals surface area contributed by atoms with E-state index in [0.717, 1.165) is 10.0 Å². The highest BCUT2D eigenvalue weighted by Gasteiger charge is 2.22. The molecular weight excluding hydrogens is 350 g/mol. The minimum Gasteiger partial charge on any atom is -0.481 e. The fraction of sp³-hybridized carbons (Fsp3) is 0.267. The average molecular weight is 366 g/mol. The second-order valence-electron chi connectivity index (χ2n) is 4.87. The summed E-state index contributed by atoms with van der Waals surface area (Å²) >= 11 is 3.33. The molecule has 0 saturated carbocycles. The Hall–Kier alpha value is -2.15. The number of carbonyl (C=O) groups excluding carboxylic acids is 1. The zero-order valence-corrected chi connectivity index (χ0v) is 13.5. The first-order chi connectivity index (χ1) is 10.5. The van der Waals surface area contributed by atoms with Gasteiger partial charge in [-0.2, -0.15) is 5.10 Å². The number of aromatic nitrogens is 2. The summed E-state index contributed by atoms with van der Waals surface area (Å²) in [6, 6.07) is 7.83. The molecule has 0 radical (unpaired) electrons. The molecule has 0 spiro atoms. The lowest BCUT2D eigenvalue weighted by molar-refractivity contribution is -0.137.